The highest BCUT2D eigenvalue weighted by Gasteiger charge is 2.06. The summed E-state index contributed by atoms with van der Waals surface area (Å²) in [5.74, 6) is 0.530. The summed E-state index contributed by atoms with van der Waals surface area (Å²) in [7, 11) is 0. The van der Waals surface area contributed by atoms with Gasteiger partial charge in [-0.25, -0.2) is 0 Å². The van der Waals surface area contributed by atoms with Gasteiger partial charge in [-0.2, -0.15) is 0 Å². The second-order valence-electron chi connectivity index (χ2n) is 4.90. The minimum Gasteiger partial charge on any atom is -0.396 e. The predicted octanol–water partition coefficient (Wildman–Crippen LogP) is 4.87. The Morgan fingerprint density at radius 1 is 0.765 bits per heavy atom. The Balaban J connectivity index is 3.35. The Hall–Kier alpha value is -0.560. The average Bonchev–Trinajstić information content (AvgIpc) is 2.36. The quantitative estimate of drug-likeness (QED) is 0.358. The molecule has 0 aliphatic heterocycles. The second kappa shape index (κ2) is 13.5. The molecule has 1 N–H and O–H groups in total. The fraction of sp³-hybridized carbons (Fsp3) is 0.750. The number of rotatable bonds is 13. The van der Waals surface area contributed by atoms with Crippen molar-refractivity contribution >= 4 is 0 Å². The topological polar surface area (TPSA) is 20.2 Å². The fourth-order valence-electron chi connectivity index (χ4n) is 2.12. The van der Waals surface area contributed by atoms with Crippen molar-refractivity contribution in [2.75, 3.05) is 6.61 Å². The molecule has 0 spiro atoms. The summed E-state index contributed by atoms with van der Waals surface area (Å²) in [6, 6.07) is 0. The Bertz CT molecular complexity index is 156. The van der Waals surface area contributed by atoms with Crippen LogP contribution in [0.15, 0.2) is 25.3 Å². The molecule has 0 saturated heterocycles. The molecule has 0 aromatic heterocycles. The van der Waals surface area contributed by atoms with Gasteiger partial charge >= 0.3 is 0 Å². The lowest BCUT2D eigenvalue weighted by molar-refractivity contribution is 0.204. The minimum absolute atomic E-state index is 0.364. The van der Waals surface area contributed by atoms with E-state index in [-0.39, 0.29) is 0 Å². The molecule has 0 aromatic rings. The Morgan fingerprint density at radius 3 is 1.59 bits per heavy atom. The summed E-state index contributed by atoms with van der Waals surface area (Å²) in [4.78, 5) is 0. The molecular formula is C16H30O. The van der Waals surface area contributed by atoms with Crippen LogP contribution in [0.25, 0.3) is 0 Å². The highest BCUT2D eigenvalue weighted by molar-refractivity contribution is 4.67. The lowest BCUT2D eigenvalue weighted by Crippen LogP contribution is -2.06. The van der Waals surface area contributed by atoms with Crippen molar-refractivity contribution < 1.29 is 5.11 Å². The molecule has 0 amide bonds. The Morgan fingerprint density at radius 2 is 1.24 bits per heavy atom. The van der Waals surface area contributed by atoms with Crippen molar-refractivity contribution in [3.63, 3.8) is 0 Å². The molecule has 0 aromatic carbocycles. The largest absolute Gasteiger partial charge is 0.396 e. The minimum atomic E-state index is 0.364. The van der Waals surface area contributed by atoms with Gasteiger partial charge in [0.1, 0.15) is 0 Å². The third-order valence-electron chi connectivity index (χ3n) is 3.30. The van der Waals surface area contributed by atoms with Crippen LogP contribution in [-0.4, -0.2) is 11.7 Å². The van der Waals surface area contributed by atoms with E-state index in [4.69, 9.17) is 0 Å². The van der Waals surface area contributed by atoms with Gasteiger partial charge in [0.05, 0.1) is 0 Å². The van der Waals surface area contributed by atoms with Crippen molar-refractivity contribution in [3.8, 4) is 0 Å². The maximum atomic E-state index is 9.30. The van der Waals surface area contributed by atoms with Gasteiger partial charge in [0.15, 0.2) is 0 Å². The van der Waals surface area contributed by atoms with Crippen molar-refractivity contribution in [1.82, 2.24) is 0 Å². The van der Waals surface area contributed by atoms with Crippen molar-refractivity contribution in [1.29, 1.82) is 0 Å². The van der Waals surface area contributed by atoms with Crippen LogP contribution in [0.2, 0.25) is 0 Å². The number of aliphatic hydroxyl groups is 1. The lowest BCUT2D eigenvalue weighted by atomic mass is 9.95. The third kappa shape index (κ3) is 11.7. The van der Waals surface area contributed by atoms with Crippen LogP contribution in [0, 0.1) is 5.92 Å². The third-order valence-corrected chi connectivity index (χ3v) is 3.30. The molecule has 0 aliphatic carbocycles. The first kappa shape index (κ1) is 16.4. The smallest absolute Gasteiger partial charge is 0.0459 e. The first-order valence-corrected chi connectivity index (χ1v) is 7.17. The average molecular weight is 238 g/mol. The number of unbranched alkanes of at least 4 members (excludes halogenated alkanes) is 6. The Labute approximate surface area is 108 Å². The van der Waals surface area contributed by atoms with E-state index < -0.39 is 0 Å². The van der Waals surface area contributed by atoms with Gasteiger partial charge in [-0.1, -0.05) is 37.8 Å². The molecule has 0 saturated carbocycles. The highest BCUT2D eigenvalue weighted by atomic mass is 16.3. The van der Waals surface area contributed by atoms with E-state index in [1.54, 1.807) is 0 Å². The summed E-state index contributed by atoms with van der Waals surface area (Å²) in [6.45, 7) is 7.82. The highest BCUT2D eigenvalue weighted by Crippen LogP contribution is 2.17. The lowest BCUT2D eigenvalue weighted by Gasteiger charge is -2.13. The van der Waals surface area contributed by atoms with E-state index in [0.29, 0.717) is 12.5 Å². The van der Waals surface area contributed by atoms with E-state index in [0.717, 1.165) is 12.8 Å². The molecule has 17 heavy (non-hydrogen) atoms. The molecule has 0 radical (unpaired) electrons. The monoisotopic (exact) mass is 238 g/mol. The molecule has 1 nitrogen and oxygen atoms in total. The summed E-state index contributed by atoms with van der Waals surface area (Å²) >= 11 is 0. The number of hydrogen-bond acceptors (Lipinski definition) is 1. The molecule has 100 valence electrons. The number of aliphatic hydroxyl groups excluding tert-OH is 1. The predicted molar refractivity (Wildman–Crippen MR) is 77.1 cm³/mol. The summed E-state index contributed by atoms with van der Waals surface area (Å²) < 4.78 is 0. The maximum Gasteiger partial charge on any atom is 0.0459 e. The van der Waals surface area contributed by atoms with E-state index in [9.17, 15) is 5.11 Å². The van der Waals surface area contributed by atoms with Crippen LogP contribution in [-0.2, 0) is 0 Å². The van der Waals surface area contributed by atoms with Crippen molar-refractivity contribution in [3.05, 3.63) is 25.3 Å². The molecule has 0 fully saturated rings. The zero-order chi connectivity index (χ0) is 12.8. The SMILES string of the molecule is C=CCCCCCC(CO)CCCCCC=C. The van der Waals surface area contributed by atoms with E-state index in [1.165, 1.54) is 51.4 Å². The van der Waals surface area contributed by atoms with Gasteiger partial charge in [-0.15, -0.1) is 13.2 Å². The molecule has 0 atom stereocenters. The zero-order valence-electron chi connectivity index (χ0n) is 11.4. The first-order valence-electron chi connectivity index (χ1n) is 7.17. The molecule has 0 bridgehead atoms. The van der Waals surface area contributed by atoms with Crippen LogP contribution >= 0.6 is 0 Å². The maximum absolute atomic E-state index is 9.30. The van der Waals surface area contributed by atoms with Gasteiger partial charge in [-0.05, 0) is 44.4 Å². The Kier molecular flexibility index (Phi) is 13.1. The summed E-state index contributed by atoms with van der Waals surface area (Å²) in [5.41, 5.74) is 0. The van der Waals surface area contributed by atoms with Gasteiger partial charge in [0, 0.05) is 6.61 Å². The van der Waals surface area contributed by atoms with Gasteiger partial charge < -0.3 is 5.11 Å². The first-order chi connectivity index (χ1) is 8.35. The molecule has 0 rings (SSSR count). The summed E-state index contributed by atoms with van der Waals surface area (Å²) in [5, 5.41) is 9.30. The van der Waals surface area contributed by atoms with E-state index >= 15 is 0 Å². The molecule has 0 aliphatic rings. The van der Waals surface area contributed by atoms with Crippen molar-refractivity contribution in [2.24, 2.45) is 5.92 Å². The second-order valence-corrected chi connectivity index (χ2v) is 4.90. The molecular weight excluding hydrogens is 208 g/mol. The van der Waals surface area contributed by atoms with Crippen LogP contribution in [0.4, 0.5) is 0 Å². The van der Waals surface area contributed by atoms with E-state index in [2.05, 4.69) is 13.2 Å². The van der Waals surface area contributed by atoms with Crippen LogP contribution in [0.5, 0.6) is 0 Å². The van der Waals surface area contributed by atoms with Gasteiger partial charge in [0.25, 0.3) is 0 Å². The molecule has 0 heterocycles. The fourth-order valence-corrected chi connectivity index (χ4v) is 2.12. The molecule has 1 heteroatoms. The standard InChI is InChI=1S/C16H30O/c1-3-5-7-9-11-13-16(15-17)14-12-10-8-6-4-2/h3-4,16-17H,1-2,5-15H2. The van der Waals surface area contributed by atoms with Crippen LogP contribution in [0.1, 0.15) is 64.2 Å². The van der Waals surface area contributed by atoms with Crippen molar-refractivity contribution in [2.45, 2.75) is 64.2 Å². The van der Waals surface area contributed by atoms with Gasteiger partial charge in [0.2, 0.25) is 0 Å². The van der Waals surface area contributed by atoms with Crippen LogP contribution < -0.4 is 0 Å². The normalized spacial score (nSPS) is 10.7. The van der Waals surface area contributed by atoms with Crippen LogP contribution in [0.3, 0.4) is 0 Å². The van der Waals surface area contributed by atoms with Gasteiger partial charge in [-0.3, -0.25) is 0 Å². The van der Waals surface area contributed by atoms with E-state index in [1.807, 2.05) is 12.2 Å². The number of allylic oxidation sites excluding steroid dienone is 2. The zero-order valence-corrected chi connectivity index (χ0v) is 11.4. The summed E-state index contributed by atoms with van der Waals surface area (Å²) in [6.07, 6.45) is 16.2. The molecule has 0 unspecified atom stereocenters. The number of hydrogen-bond donors (Lipinski definition) is 1.